The van der Waals surface area contributed by atoms with Crippen LogP contribution in [-0.4, -0.2) is 64.1 Å². The summed E-state index contributed by atoms with van der Waals surface area (Å²) in [6, 6.07) is 6.00. The minimum atomic E-state index is -0.382. The quantitative estimate of drug-likeness (QED) is 0.366. The van der Waals surface area contributed by atoms with Gasteiger partial charge in [0, 0.05) is 43.0 Å². The largest absolute Gasteiger partial charge is 0.490 e. The van der Waals surface area contributed by atoms with Crippen LogP contribution in [0.5, 0.6) is 5.75 Å². The van der Waals surface area contributed by atoms with Crippen molar-refractivity contribution in [3.8, 4) is 28.3 Å². The second-order valence-corrected chi connectivity index (χ2v) is 10.5. The molecule has 0 saturated carbocycles. The molecule has 8 nitrogen and oxygen atoms in total. The highest BCUT2D eigenvalue weighted by molar-refractivity contribution is 6.00. The van der Waals surface area contributed by atoms with Crippen molar-refractivity contribution in [3.05, 3.63) is 52.6 Å². The predicted molar refractivity (Wildman–Crippen MR) is 143 cm³/mol. The number of carbonyl (C=O) groups excluding carboxylic acids is 1. The van der Waals surface area contributed by atoms with Crippen molar-refractivity contribution in [1.29, 1.82) is 0 Å². The molecule has 5 heterocycles. The molecule has 2 aliphatic heterocycles. The summed E-state index contributed by atoms with van der Waals surface area (Å²) in [5.41, 5.74) is 7.38. The van der Waals surface area contributed by atoms with Crippen LogP contribution in [0.1, 0.15) is 34.8 Å². The molecule has 38 heavy (non-hydrogen) atoms. The van der Waals surface area contributed by atoms with E-state index in [0.29, 0.717) is 24.1 Å². The lowest BCUT2D eigenvalue weighted by molar-refractivity contribution is -0.139. The van der Waals surface area contributed by atoms with E-state index >= 15 is 4.39 Å². The summed E-state index contributed by atoms with van der Waals surface area (Å²) >= 11 is 0. The fourth-order valence-corrected chi connectivity index (χ4v) is 5.90. The van der Waals surface area contributed by atoms with Gasteiger partial charge < -0.3 is 18.9 Å². The lowest BCUT2D eigenvalue weighted by atomic mass is 9.87. The van der Waals surface area contributed by atoms with Gasteiger partial charge in [0.25, 0.3) is 0 Å². The van der Waals surface area contributed by atoms with Gasteiger partial charge in [-0.05, 0) is 74.2 Å². The Morgan fingerprint density at radius 2 is 2.03 bits per heavy atom. The smallest absolute Gasteiger partial charge is 0.310 e. The molecule has 0 unspecified atom stereocenters. The zero-order valence-corrected chi connectivity index (χ0v) is 22.5. The number of ether oxygens (including phenoxy) is 2. The summed E-state index contributed by atoms with van der Waals surface area (Å²) in [7, 11) is 5.45. The normalized spacial score (nSPS) is 15.8. The Kier molecular flexibility index (Phi) is 5.98. The second kappa shape index (κ2) is 9.23. The van der Waals surface area contributed by atoms with E-state index in [9.17, 15) is 4.79 Å². The molecule has 6 rings (SSSR count). The lowest BCUT2D eigenvalue weighted by Gasteiger charge is -2.36. The minimum Gasteiger partial charge on any atom is -0.490 e. The number of methoxy groups -OCH3 is 1. The Morgan fingerprint density at radius 3 is 2.76 bits per heavy atom. The zero-order valence-electron chi connectivity index (χ0n) is 22.5. The number of nitrogens with zero attached hydrogens (tertiary/aromatic N) is 5. The molecule has 2 aliphatic rings. The molecule has 198 valence electrons. The number of fused-ring (bicyclic) bond motifs is 2. The highest BCUT2D eigenvalue weighted by Crippen LogP contribution is 2.43. The van der Waals surface area contributed by atoms with Gasteiger partial charge in [0.05, 0.1) is 31.9 Å². The van der Waals surface area contributed by atoms with Crippen LogP contribution in [0.2, 0.25) is 0 Å². The summed E-state index contributed by atoms with van der Waals surface area (Å²) in [4.78, 5) is 19.7. The Balaban J connectivity index is 1.58. The third-order valence-electron chi connectivity index (χ3n) is 8.03. The molecule has 4 aromatic rings. The number of hydrogen-bond donors (Lipinski definition) is 0. The molecule has 0 N–H and O–H groups in total. The fourth-order valence-electron chi connectivity index (χ4n) is 5.90. The number of hydrogen-bond acceptors (Lipinski definition) is 6. The molecular formula is C29H32FN5O3. The van der Waals surface area contributed by atoms with Crippen LogP contribution in [0.15, 0.2) is 24.4 Å². The maximum absolute atomic E-state index is 15.4. The highest BCUT2D eigenvalue weighted by Gasteiger charge is 2.28. The SMILES string of the molecule is COC(=O)Cc1c(C)nc2c(cc(-c3ccn(C4CN(C)C4)n3)n2C)c1-c1cc(F)c2c(c1C)CCCO2. The number of carbonyl (C=O) groups is 1. The Bertz CT molecular complexity index is 1580. The number of esters is 1. The molecule has 0 spiro atoms. The molecule has 3 aromatic heterocycles. The van der Waals surface area contributed by atoms with Gasteiger partial charge in [0.1, 0.15) is 11.3 Å². The van der Waals surface area contributed by atoms with Gasteiger partial charge in [-0.15, -0.1) is 0 Å². The van der Waals surface area contributed by atoms with E-state index in [1.54, 1.807) is 6.07 Å². The summed E-state index contributed by atoms with van der Waals surface area (Å²) in [5, 5.41) is 5.73. The monoisotopic (exact) mass is 517 g/mol. The molecule has 1 fully saturated rings. The molecule has 1 saturated heterocycles. The lowest BCUT2D eigenvalue weighted by Crippen LogP contribution is -2.45. The number of rotatable bonds is 5. The van der Waals surface area contributed by atoms with Crippen molar-refractivity contribution in [1.82, 2.24) is 24.2 Å². The third-order valence-corrected chi connectivity index (χ3v) is 8.03. The standard InChI is InChI=1S/C29H32FN5O3/c1-16-19-7-6-10-38-28(19)23(30)11-20(16)27-21(13-26(36)37-5)17(2)31-29-22(27)12-25(34(29)4)24-8-9-35(32-24)18-14-33(3)15-18/h8-9,11-12,18H,6-7,10,13-15H2,1-5H3. The number of aryl methyl sites for hydroxylation is 2. The first-order chi connectivity index (χ1) is 18.3. The summed E-state index contributed by atoms with van der Waals surface area (Å²) in [6.45, 7) is 6.37. The Morgan fingerprint density at radius 1 is 1.24 bits per heavy atom. The van der Waals surface area contributed by atoms with Crippen LogP contribution < -0.4 is 4.74 Å². The van der Waals surface area contributed by atoms with E-state index in [2.05, 4.69) is 18.0 Å². The Hall–Kier alpha value is -3.72. The number of likely N-dealkylation sites (tertiary alicyclic amines) is 1. The topological polar surface area (TPSA) is 74.4 Å². The third kappa shape index (κ3) is 3.88. The van der Waals surface area contributed by atoms with Gasteiger partial charge in [-0.1, -0.05) is 0 Å². The Labute approximate surface area is 221 Å². The van der Waals surface area contributed by atoms with E-state index in [1.165, 1.54) is 7.11 Å². The fraction of sp³-hybridized carbons (Fsp3) is 0.414. The first-order valence-corrected chi connectivity index (χ1v) is 13.0. The van der Waals surface area contributed by atoms with Crippen molar-refractivity contribution < 1.29 is 18.7 Å². The van der Waals surface area contributed by atoms with E-state index in [4.69, 9.17) is 19.6 Å². The number of pyridine rings is 1. The summed E-state index contributed by atoms with van der Waals surface area (Å²) in [5.74, 6) is -0.405. The van der Waals surface area contributed by atoms with E-state index < -0.39 is 0 Å². The molecular weight excluding hydrogens is 485 g/mol. The number of halogens is 1. The zero-order chi connectivity index (χ0) is 26.7. The average Bonchev–Trinajstić information content (AvgIpc) is 3.49. The molecule has 0 amide bonds. The molecule has 0 radical (unpaired) electrons. The van der Waals surface area contributed by atoms with Gasteiger partial charge in [-0.25, -0.2) is 9.37 Å². The van der Waals surface area contributed by atoms with Crippen molar-refractivity contribution >= 4 is 17.0 Å². The van der Waals surface area contributed by atoms with Crippen molar-refractivity contribution in [2.45, 2.75) is 39.2 Å². The van der Waals surface area contributed by atoms with Crippen LogP contribution in [0.25, 0.3) is 33.5 Å². The molecule has 0 atom stereocenters. The van der Waals surface area contributed by atoms with Crippen LogP contribution in [0.4, 0.5) is 4.39 Å². The van der Waals surface area contributed by atoms with Gasteiger partial charge in [-0.2, -0.15) is 5.10 Å². The van der Waals surface area contributed by atoms with Crippen molar-refractivity contribution in [3.63, 3.8) is 0 Å². The van der Waals surface area contributed by atoms with Crippen molar-refractivity contribution in [2.24, 2.45) is 7.05 Å². The second-order valence-electron chi connectivity index (χ2n) is 10.5. The van der Waals surface area contributed by atoms with E-state index in [0.717, 1.165) is 76.2 Å². The van der Waals surface area contributed by atoms with Gasteiger partial charge in [0.15, 0.2) is 11.6 Å². The number of likely N-dealkylation sites (N-methyl/N-ethyl adjacent to an activating group) is 1. The summed E-state index contributed by atoms with van der Waals surface area (Å²) in [6.07, 6.45) is 3.66. The summed E-state index contributed by atoms with van der Waals surface area (Å²) < 4.78 is 30.2. The first-order valence-electron chi connectivity index (χ1n) is 13.0. The number of benzene rings is 1. The molecule has 0 bridgehead atoms. The van der Waals surface area contributed by atoms with Gasteiger partial charge in [-0.3, -0.25) is 9.48 Å². The first kappa shape index (κ1) is 24.6. The maximum Gasteiger partial charge on any atom is 0.310 e. The van der Waals surface area contributed by atoms with Gasteiger partial charge >= 0.3 is 5.97 Å². The highest BCUT2D eigenvalue weighted by atomic mass is 19.1. The van der Waals surface area contributed by atoms with Crippen LogP contribution in [0.3, 0.4) is 0 Å². The van der Waals surface area contributed by atoms with Gasteiger partial charge in [0.2, 0.25) is 0 Å². The minimum absolute atomic E-state index is 0.0449. The van der Waals surface area contributed by atoms with E-state index in [1.807, 2.05) is 42.4 Å². The molecule has 9 heteroatoms. The van der Waals surface area contributed by atoms with E-state index in [-0.39, 0.29) is 18.2 Å². The molecule has 1 aromatic carbocycles. The maximum atomic E-state index is 15.4. The van der Waals surface area contributed by atoms with Crippen molar-refractivity contribution in [2.75, 3.05) is 33.9 Å². The predicted octanol–water partition coefficient (Wildman–Crippen LogP) is 4.39. The average molecular weight is 518 g/mol. The van der Waals surface area contributed by atoms with Crippen LogP contribution in [-0.2, 0) is 29.4 Å². The van der Waals surface area contributed by atoms with Crippen LogP contribution in [0, 0.1) is 19.7 Å². The molecule has 0 aliphatic carbocycles. The number of aromatic nitrogens is 4. The van der Waals surface area contributed by atoms with Crippen LogP contribution >= 0.6 is 0 Å².